The van der Waals surface area contributed by atoms with Crippen molar-refractivity contribution in [2.45, 2.75) is 13.2 Å². The SMILES string of the molecule is O=C(CN1Cc2ccccc2NCC1=O)OCc1ccccc1. The molecular weight excluding hydrogens is 292 g/mol. The summed E-state index contributed by atoms with van der Waals surface area (Å²) in [5.41, 5.74) is 2.85. The van der Waals surface area contributed by atoms with Crippen LogP contribution in [0.2, 0.25) is 0 Å². The van der Waals surface area contributed by atoms with Crippen molar-refractivity contribution in [3.8, 4) is 0 Å². The maximum Gasteiger partial charge on any atom is 0.325 e. The molecule has 0 saturated carbocycles. The zero-order valence-electron chi connectivity index (χ0n) is 12.7. The molecule has 0 atom stereocenters. The quantitative estimate of drug-likeness (QED) is 0.880. The van der Waals surface area contributed by atoms with Crippen molar-refractivity contribution in [1.29, 1.82) is 0 Å². The van der Waals surface area contributed by atoms with Gasteiger partial charge in [0.1, 0.15) is 13.2 Å². The van der Waals surface area contributed by atoms with Gasteiger partial charge in [-0.1, -0.05) is 48.5 Å². The van der Waals surface area contributed by atoms with Gasteiger partial charge in [-0.05, 0) is 17.2 Å². The number of para-hydroxylation sites is 1. The highest BCUT2D eigenvalue weighted by molar-refractivity contribution is 5.86. The number of fused-ring (bicyclic) bond motifs is 1. The van der Waals surface area contributed by atoms with Gasteiger partial charge in [-0.2, -0.15) is 0 Å². The van der Waals surface area contributed by atoms with Gasteiger partial charge in [0.25, 0.3) is 0 Å². The molecule has 1 N–H and O–H groups in total. The van der Waals surface area contributed by atoms with Crippen LogP contribution in [0.25, 0.3) is 0 Å². The van der Waals surface area contributed by atoms with Crippen LogP contribution in [0, 0.1) is 0 Å². The van der Waals surface area contributed by atoms with Crippen molar-refractivity contribution in [3.05, 3.63) is 65.7 Å². The van der Waals surface area contributed by atoms with E-state index in [0.717, 1.165) is 16.8 Å². The van der Waals surface area contributed by atoms with Crippen LogP contribution in [0.4, 0.5) is 5.69 Å². The van der Waals surface area contributed by atoms with Gasteiger partial charge < -0.3 is 15.0 Å². The molecule has 0 radical (unpaired) electrons. The topological polar surface area (TPSA) is 58.6 Å². The predicted octanol–water partition coefficient (Wildman–Crippen LogP) is 2.18. The summed E-state index contributed by atoms with van der Waals surface area (Å²) in [4.78, 5) is 25.7. The highest BCUT2D eigenvalue weighted by Crippen LogP contribution is 2.20. The Morgan fingerprint density at radius 2 is 1.83 bits per heavy atom. The van der Waals surface area contributed by atoms with E-state index in [1.165, 1.54) is 4.90 Å². The zero-order valence-corrected chi connectivity index (χ0v) is 12.7. The largest absolute Gasteiger partial charge is 0.459 e. The normalized spacial score (nSPS) is 13.7. The average Bonchev–Trinajstić information content (AvgIpc) is 2.74. The van der Waals surface area contributed by atoms with Gasteiger partial charge in [-0.15, -0.1) is 0 Å². The number of amides is 1. The van der Waals surface area contributed by atoms with Gasteiger partial charge in [0.2, 0.25) is 5.91 Å². The number of carbonyl (C=O) groups excluding carboxylic acids is 2. The third-order valence-corrected chi connectivity index (χ3v) is 3.72. The van der Waals surface area contributed by atoms with Gasteiger partial charge in [-0.3, -0.25) is 9.59 Å². The number of nitrogens with one attached hydrogen (secondary N) is 1. The van der Waals surface area contributed by atoms with Crippen molar-refractivity contribution in [1.82, 2.24) is 4.90 Å². The van der Waals surface area contributed by atoms with Crippen LogP contribution in [0.15, 0.2) is 54.6 Å². The van der Waals surface area contributed by atoms with E-state index in [-0.39, 0.29) is 25.6 Å². The fraction of sp³-hybridized carbons (Fsp3) is 0.222. The standard InChI is InChI=1S/C18H18N2O3/c21-17-10-19-16-9-5-4-8-15(16)11-20(17)12-18(22)23-13-14-6-2-1-3-7-14/h1-9,19H,10-13H2. The zero-order chi connectivity index (χ0) is 16.1. The highest BCUT2D eigenvalue weighted by Gasteiger charge is 2.22. The number of benzene rings is 2. The Bertz CT molecular complexity index is 700. The lowest BCUT2D eigenvalue weighted by molar-refractivity contribution is -0.150. The fourth-order valence-corrected chi connectivity index (χ4v) is 2.49. The molecule has 2 aromatic rings. The third kappa shape index (κ3) is 3.88. The Morgan fingerprint density at radius 1 is 1.09 bits per heavy atom. The number of anilines is 1. The number of ether oxygens (including phenoxy) is 1. The van der Waals surface area contributed by atoms with E-state index in [1.54, 1.807) is 0 Å². The summed E-state index contributed by atoms with van der Waals surface area (Å²) in [6, 6.07) is 17.2. The summed E-state index contributed by atoms with van der Waals surface area (Å²) in [5.74, 6) is -0.514. The average molecular weight is 310 g/mol. The molecule has 23 heavy (non-hydrogen) atoms. The molecule has 1 heterocycles. The summed E-state index contributed by atoms with van der Waals surface area (Å²) >= 11 is 0. The number of rotatable bonds is 4. The molecule has 0 bridgehead atoms. The second kappa shape index (κ2) is 6.96. The van der Waals surface area contributed by atoms with Gasteiger partial charge in [0.15, 0.2) is 0 Å². The summed E-state index contributed by atoms with van der Waals surface area (Å²) < 4.78 is 5.25. The van der Waals surface area contributed by atoms with Crippen LogP contribution in [-0.4, -0.2) is 29.9 Å². The lowest BCUT2D eigenvalue weighted by Crippen LogP contribution is -2.37. The van der Waals surface area contributed by atoms with Crippen LogP contribution in [-0.2, 0) is 27.5 Å². The Labute approximate surface area is 134 Å². The Morgan fingerprint density at radius 3 is 2.65 bits per heavy atom. The Balaban J connectivity index is 1.60. The first-order chi connectivity index (χ1) is 11.2. The lowest BCUT2D eigenvalue weighted by atomic mass is 10.2. The molecule has 118 valence electrons. The lowest BCUT2D eigenvalue weighted by Gasteiger charge is -2.19. The molecule has 0 fully saturated rings. The summed E-state index contributed by atoms with van der Waals surface area (Å²) in [6.07, 6.45) is 0. The van der Waals surface area contributed by atoms with Crippen molar-refractivity contribution in [2.24, 2.45) is 0 Å². The highest BCUT2D eigenvalue weighted by atomic mass is 16.5. The smallest absolute Gasteiger partial charge is 0.325 e. The van der Waals surface area contributed by atoms with E-state index >= 15 is 0 Å². The second-order valence-corrected chi connectivity index (χ2v) is 5.41. The van der Waals surface area contributed by atoms with E-state index < -0.39 is 5.97 Å². The monoisotopic (exact) mass is 310 g/mol. The molecule has 0 aromatic heterocycles. The minimum atomic E-state index is -0.401. The Kier molecular flexibility index (Phi) is 4.57. The number of carbonyl (C=O) groups is 2. The van der Waals surface area contributed by atoms with Crippen molar-refractivity contribution in [2.75, 3.05) is 18.4 Å². The predicted molar refractivity (Wildman–Crippen MR) is 86.6 cm³/mol. The number of esters is 1. The first kappa shape index (κ1) is 15.1. The number of hydrogen-bond donors (Lipinski definition) is 1. The fourth-order valence-electron chi connectivity index (χ4n) is 2.49. The van der Waals surface area contributed by atoms with E-state index in [0.29, 0.717) is 6.54 Å². The summed E-state index contributed by atoms with van der Waals surface area (Å²) in [5, 5.41) is 3.09. The summed E-state index contributed by atoms with van der Waals surface area (Å²) in [7, 11) is 0. The van der Waals surface area contributed by atoms with Gasteiger partial charge in [0, 0.05) is 12.2 Å². The van der Waals surface area contributed by atoms with Crippen molar-refractivity contribution < 1.29 is 14.3 Å². The van der Waals surface area contributed by atoms with Gasteiger partial charge in [0.05, 0.1) is 6.54 Å². The molecule has 1 amide bonds. The van der Waals surface area contributed by atoms with Crippen LogP contribution in [0.3, 0.4) is 0 Å². The molecule has 0 spiro atoms. The Hall–Kier alpha value is -2.82. The second-order valence-electron chi connectivity index (χ2n) is 5.41. The molecule has 5 nitrogen and oxygen atoms in total. The molecule has 2 aromatic carbocycles. The maximum atomic E-state index is 12.1. The van der Waals surface area contributed by atoms with Crippen molar-refractivity contribution >= 4 is 17.6 Å². The molecule has 1 aliphatic heterocycles. The van der Waals surface area contributed by atoms with Crippen LogP contribution in [0.1, 0.15) is 11.1 Å². The van der Waals surface area contributed by atoms with Crippen LogP contribution >= 0.6 is 0 Å². The molecular formula is C18H18N2O3. The van der Waals surface area contributed by atoms with E-state index in [9.17, 15) is 9.59 Å². The van der Waals surface area contributed by atoms with Crippen LogP contribution in [0.5, 0.6) is 0 Å². The first-order valence-electron chi connectivity index (χ1n) is 7.51. The van der Waals surface area contributed by atoms with Gasteiger partial charge >= 0.3 is 5.97 Å². The third-order valence-electron chi connectivity index (χ3n) is 3.72. The number of hydrogen-bond acceptors (Lipinski definition) is 4. The van der Waals surface area contributed by atoms with E-state index in [4.69, 9.17) is 4.74 Å². The van der Waals surface area contributed by atoms with Crippen molar-refractivity contribution in [3.63, 3.8) is 0 Å². The van der Waals surface area contributed by atoms with Gasteiger partial charge in [-0.25, -0.2) is 0 Å². The maximum absolute atomic E-state index is 12.1. The molecule has 0 saturated heterocycles. The van der Waals surface area contributed by atoms with Crippen LogP contribution < -0.4 is 5.32 Å². The van der Waals surface area contributed by atoms with E-state index in [2.05, 4.69) is 5.32 Å². The first-order valence-corrected chi connectivity index (χ1v) is 7.51. The molecule has 3 rings (SSSR count). The minimum absolute atomic E-state index is 0.0400. The molecule has 1 aliphatic rings. The molecule has 0 aliphatic carbocycles. The minimum Gasteiger partial charge on any atom is -0.459 e. The number of nitrogens with zero attached hydrogens (tertiary/aromatic N) is 1. The molecule has 5 heteroatoms. The molecule has 0 unspecified atom stereocenters. The summed E-state index contributed by atoms with van der Waals surface area (Å²) in [6.45, 7) is 0.768. The van der Waals surface area contributed by atoms with E-state index in [1.807, 2.05) is 54.6 Å².